The first-order valence-corrected chi connectivity index (χ1v) is 8.26. The standard InChI is InChI=1S/C16H19N3O2S/c1-11(15-17-6-7-22-15)9-18-16(20)19-10-13-8-12-4-2-3-5-14(12)21-13/h2-7,11,13H,8-10H2,1H3,(H2,18,19,20)/t11-,13+/m0/s1. The number of amides is 2. The summed E-state index contributed by atoms with van der Waals surface area (Å²) < 4.78 is 5.79. The molecule has 2 N–H and O–H groups in total. The number of nitrogens with zero attached hydrogens (tertiary/aromatic N) is 1. The molecule has 5 nitrogen and oxygen atoms in total. The van der Waals surface area contributed by atoms with E-state index in [4.69, 9.17) is 4.74 Å². The van der Waals surface area contributed by atoms with Crippen LogP contribution in [0.2, 0.25) is 0 Å². The predicted octanol–water partition coefficient (Wildman–Crippen LogP) is 2.55. The van der Waals surface area contributed by atoms with Gasteiger partial charge < -0.3 is 15.4 Å². The van der Waals surface area contributed by atoms with Gasteiger partial charge in [0.1, 0.15) is 11.9 Å². The second kappa shape index (κ2) is 6.79. The van der Waals surface area contributed by atoms with Crippen molar-refractivity contribution < 1.29 is 9.53 Å². The van der Waals surface area contributed by atoms with Gasteiger partial charge in [0.25, 0.3) is 0 Å². The first-order chi connectivity index (χ1) is 10.7. The van der Waals surface area contributed by atoms with Crippen LogP contribution in [0.4, 0.5) is 4.79 Å². The number of aromatic nitrogens is 1. The maximum atomic E-state index is 11.9. The molecule has 1 aliphatic heterocycles. The molecule has 1 aliphatic rings. The van der Waals surface area contributed by atoms with Gasteiger partial charge in [-0.3, -0.25) is 0 Å². The molecule has 1 aromatic heterocycles. The fourth-order valence-corrected chi connectivity index (χ4v) is 3.15. The van der Waals surface area contributed by atoms with Gasteiger partial charge in [-0.2, -0.15) is 0 Å². The van der Waals surface area contributed by atoms with E-state index >= 15 is 0 Å². The van der Waals surface area contributed by atoms with E-state index in [9.17, 15) is 4.79 Å². The van der Waals surface area contributed by atoms with Gasteiger partial charge in [-0.1, -0.05) is 25.1 Å². The fourth-order valence-electron chi connectivity index (χ4n) is 2.45. The number of urea groups is 1. The SMILES string of the molecule is C[C@@H](CNC(=O)NC[C@H]1Cc2ccccc2O1)c1nccs1. The summed E-state index contributed by atoms with van der Waals surface area (Å²) in [5.41, 5.74) is 1.20. The van der Waals surface area contributed by atoms with Crippen molar-refractivity contribution >= 4 is 17.4 Å². The Morgan fingerprint density at radius 3 is 3.09 bits per heavy atom. The summed E-state index contributed by atoms with van der Waals surface area (Å²) in [6.45, 7) is 3.13. The van der Waals surface area contributed by atoms with E-state index in [0.717, 1.165) is 17.2 Å². The lowest BCUT2D eigenvalue weighted by atomic mass is 10.1. The van der Waals surface area contributed by atoms with E-state index in [1.165, 1.54) is 5.56 Å². The molecule has 2 heterocycles. The molecule has 0 fully saturated rings. The minimum Gasteiger partial charge on any atom is -0.488 e. The number of carbonyl (C=O) groups excluding carboxylic acids is 1. The van der Waals surface area contributed by atoms with E-state index in [1.807, 2.05) is 23.6 Å². The van der Waals surface area contributed by atoms with Gasteiger partial charge >= 0.3 is 6.03 Å². The average molecular weight is 317 g/mol. The highest BCUT2D eigenvalue weighted by atomic mass is 32.1. The van der Waals surface area contributed by atoms with Crippen LogP contribution in [0, 0.1) is 0 Å². The zero-order valence-electron chi connectivity index (χ0n) is 12.4. The number of nitrogens with one attached hydrogen (secondary N) is 2. The fraction of sp³-hybridized carbons (Fsp3) is 0.375. The minimum absolute atomic E-state index is 0.0135. The number of rotatable bonds is 5. The summed E-state index contributed by atoms with van der Waals surface area (Å²) in [6, 6.07) is 7.82. The molecule has 0 spiro atoms. The summed E-state index contributed by atoms with van der Waals surface area (Å²) in [7, 11) is 0. The number of fused-ring (bicyclic) bond motifs is 1. The molecule has 116 valence electrons. The van der Waals surface area contributed by atoms with Crippen molar-refractivity contribution in [1.29, 1.82) is 0 Å². The van der Waals surface area contributed by atoms with Crippen LogP contribution >= 0.6 is 11.3 Å². The molecule has 22 heavy (non-hydrogen) atoms. The van der Waals surface area contributed by atoms with Crippen LogP contribution in [-0.2, 0) is 6.42 Å². The maximum absolute atomic E-state index is 11.9. The Labute approximate surface area is 133 Å². The molecule has 0 aliphatic carbocycles. The normalized spacial score (nSPS) is 17.4. The Morgan fingerprint density at radius 2 is 2.32 bits per heavy atom. The third kappa shape index (κ3) is 3.57. The van der Waals surface area contributed by atoms with Crippen LogP contribution in [0.1, 0.15) is 23.4 Å². The van der Waals surface area contributed by atoms with Crippen LogP contribution in [-0.4, -0.2) is 30.2 Å². The predicted molar refractivity (Wildman–Crippen MR) is 86.5 cm³/mol. The zero-order chi connectivity index (χ0) is 15.4. The van der Waals surface area contributed by atoms with E-state index in [-0.39, 0.29) is 18.1 Å². The molecule has 0 radical (unpaired) electrons. The van der Waals surface area contributed by atoms with Gasteiger partial charge in [0.2, 0.25) is 0 Å². The summed E-state index contributed by atoms with van der Waals surface area (Å²) in [4.78, 5) is 16.1. The number of carbonyl (C=O) groups is 1. The first-order valence-electron chi connectivity index (χ1n) is 7.38. The van der Waals surface area contributed by atoms with Gasteiger partial charge in [0.15, 0.2) is 0 Å². The molecular formula is C16H19N3O2S. The molecule has 2 atom stereocenters. The van der Waals surface area contributed by atoms with Crippen molar-refractivity contribution in [3.8, 4) is 5.75 Å². The topological polar surface area (TPSA) is 63.2 Å². The summed E-state index contributed by atoms with van der Waals surface area (Å²) in [5.74, 6) is 1.14. The molecule has 2 amide bonds. The smallest absolute Gasteiger partial charge is 0.314 e. The van der Waals surface area contributed by atoms with Gasteiger partial charge in [0.05, 0.1) is 11.6 Å². The minimum atomic E-state index is -0.164. The summed E-state index contributed by atoms with van der Waals surface area (Å²) in [5, 5.41) is 8.73. The van der Waals surface area contributed by atoms with Gasteiger partial charge in [-0.05, 0) is 11.6 Å². The molecule has 6 heteroatoms. The van der Waals surface area contributed by atoms with Crippen LogP contribution < -0.4 is 15.4 Å². The maximum Gasteiger partial charge on any atom is 0.314 e. The van der Waals surface area contributed by atoms with Crippen molar-refractivity contribution in [2.45, 2.75) is 25.4 Å². The van der Waals surface area contributed by atoms with E-state index in [0.29, 0.717) is 13.1 Å². The number of hydrogen-bond donors (Lipinski definition) is 2. The lowest BCUT2D eigenvalue weighted by molar-refractivity contribution is 0.213. The molecule has 1 aromatic carbocycles. The second-order valence-electron chi connectivity index (χ2n) is 5.41. The number of ether oxygens (including phenoxy) is 1. The van der Waals surface area contributed by atoms with E-state index in [2.05, 4.69) is 28.6 Å². The van der Waals surface area contributed by atoms with Crippen LogP contribution in [0.5, 0.6) is 5.75 Å². The zero-order valence-corrected chi connectivity index (χ0v) is 13.2. The Kier molecular flexibility index (Phi) is 4.58. The third-order valence-electron chi connectivity index (χ3n) is 3.65. The number of benzene rings is 1. The van der Waals surface area contributed by atoms with Crippen LogP contribution in [0.15, 0.2) is 35.8 Å². The molecule has 0 unspecified atom stereocenters. The second-order valence-corrected chi connectivity index (χ2v) is 6.34. The van der Waals surface area contributed by atoms with Gasteiger partial charge in [-0.25, -0.2) is 9.78 Å². The number of thiazole rings is 1. The third-order valence-corrected chi connectivity index (χ3v) is 4.65. The molecule has 2 aromatic rings. The highest BCUT2D eigenvalue weighted by Crippen LogP contribution is 2.27. The molecular weight excluding hydrogens is 298 g/mol. The van der Waals surface area contributed by atoms with Gasteiger partial charge in [-0.15, -0.1) is 11.3 Å². The van der Waals surface area contributed by atoms with Crippen molar-refractivity contribution in [2.75, 3.05) is 13.1 Å². The monoisotopic (exact) mass is 317 g/mol. The van der Waals surface area contributed by atoms with Crippen molar-refractivity contribution in [2.24, 2.45) is 0 Å². The largest absolute Gasteiger partial charge is 0.488 e. The Hall–Kier alpha value is -2.08. The number of hydrogen-bond acceptors (Lipinski definition) is 4. The van der Waals surface area contributed by atoms with Gasteiger partial charge in [0, 0.05) is 30.5 Å². The molecule has 0 saturated carbocycles. The average Bonchev–Trinajstić information content (AvgIpc) is 3.19. The summed E-state index contributed by atoms with van der Waals surface area (Å²) in [6.07, 6.45) is 2.64. The van der Waals surface area contributed by atoms with Crippen molar-refractivity contribution in [1.82, 2.24) is 15.6 Å². The molecule has 0 saturated heterocycles. The highest BCUT2D eigenvalue weighted by molar-refractivity contribution is 7.09. The Bertz CT molecular complexity index is 605. The Morgan fingerprint density at radius 1 is 1.45 bits per heavy atom. The highest BCUT2D eigenvalue weighted by Gasteiger charge is 2.22. The lowest BCUT2D eigenvalue weighted by Crippen LogP contribution is -2.42. The first kappa shape index (κ1) is 14.8. The van der Waals surface area contributed by atoms with E-state index in [1.54, 1.807) is 17.5 Å². The van der Waals surface area contributed by atoms with Crippen molar-refractivity contribution in [3.05, 3.63) is 46.4 Å². The lowest BCUT2D eigenvalue weighted by Gasteiger charge is -2.14. The molecule has 3 rings (SSSR count). The van der Waals surface area contributed by atoms with Crippen molar-refractivity contribution in [3.63, 3.8) is 0 Å². The van der Waals surface area contributed by atoms with Crippen LogP contribution in [0.25, 0.3) is 0 Å². The number of para-hydroxylation sites is 1. The van der Waals surface area contributed by atoms with Crippen LogP contribution in [0.3, 0.4) is 0 Å². The Balaban J connectivity index is 1.39. The molecule has 0 bridgehead atoms. The summed E-state index contributed by atoms with van der Waals surface area (Å²) >= 11 is 1.61. The quantitative estimate of drug-likeness (QED) is 0.891. The van der Waals surface area contributed by atoms with E-state index < -0.39 is 0 Å².